The number of hydrogen-bond acceptors (Lipinski definition) is 6. The van der Waals surface area contributed by atoms with Crippen LogP contribution < -0.4 is 15.0 Å². The van der Waals surface area contributed by atoms with Gasteiger partial charge >= 0.3 is 0 Å². The average molecular weight is 446 g/mol. The molecule has 1 heterocycles. The van der Waals surface area contributed by atoms with E-state index in [9.17, 15) is 14.9 Å². The van der Waals surface area contributed by atoms with Crippen molar-refractivity contribution in [3.63, 3.8) is 0 Å². The fraction of sp³-hybridized carbons (Fsp3) is 0.269. The molecule has 0 aliphatic carbocycles. The Morgan fingerprint density at radius 3 is 2.30 bits per heavy atom. The minimum absolute atomic E-state index is 0.0283. The van der Waals surface area contributed by atoms with E-state index in [0.717, 1.165) is 25.1 Å². The number of ether oxygens (including phenoxy) is 1. The highest BCUT2D eigenvalue weighted by atomic mass is 16.6. The lowest BCUT2D eigenvalue weighted by Crippen LogP contribution is -2.43. The Morgan fingerprint density at radius 2 is 1.64 bits per heavy atom. The Hall–Kier alpha value is -3.71. The van der Waals surface area contributed by atoms with Gasteiger partial charge in [-0.3, -0.25) is 14.9 Å². The molecule has 33 heavy (non-hydrogen) atoms. The zero-order chi connectivity index (χ0) is 23.0. The van der Waals surface area contributed by atoms with Crippen molar-refractivity contribution in [1.82, 2.24) is 5.32 Å². The molecule has 1 aliphatic heterocycles. The van der Waals surface area contributed by atoms with Crippen molar-refractivity contribution >= 4 is 17.2 Å². The van der Waals surface area contributed by atoms with Gasteiger partial charge in [-0.2, -0.15) is 0 Å². The minimum Gasteiger partial charge on any atom is -0.492 e. The van der Waals surface area contributed by atoms with E-state index in [1.165, 1.54) is 6.07 Å². The largest absolute Gasteiger partial charge is 0.492 e. The van der Waals surface area contributed by atoms with Crippen LogP contribution in [0.15, 0.2) is 78.9 Å². The fourth-order valence-electron chi connectivity index (χ4n) is 4.11. The number of nitrogens with one attached hydrogen (secondary N) is 1. The van der Waals surface area contributed by atoms with E-state index in [-0.39, 0.29) is 11.5 Å². The first kappa shape index (κ1) is 22.5. The van der Waals surface area contributed by atoms with E-state index in [2.05, 4.69) is 5.32 Å². The van der Waals surface area contributed by atoms with Crippen molar-refractivity contribution in [2.24, 2.45) is 0 Å². The van der Waals surface area contributed by atoms with Crippen LogP contribution in [0.1, 0.15) is 28.8 Å². The van der Waals surface area contributed by atoms with E-state index in [1.54, 1.807) is 36.4 Å². The van der Waals surface area contributed by atoms with Gasteiger partial charge < -0.3 is 15.0 Å². The molecule has 0 spiro atoms. The van der Waals surface area contributed by atoms with Crippen molar-refractivity contribution in [3.8, 4) is 5.75 Å². The molecular formula is C26H27N3O4. The number of carbonyl (C=O) groups is 1. The highest BCUT2D eigenvalue weighted by Gasteiger charge is 2.26. The van der Waals surface area contributed by atoms with E-state index >= 15 is 0 Å². The average Bonchev–Trinajstić information content (AvgIpc) is 2.87. The minimum atomic E-state index is -0.400. The molecule has 0 radical (unpaired) electrons. The van der Waals surface area contributed by atoms with Gasteiger partial charge in [0.05, 0.1) is 4.92 Å². The van der Waals surface area contributed by atoms with Crippen LogP contribution in [0.25, 0.3) is 0 Å². The summed E-state index contributed by atoms with van der Waals surface area (Å²) >= 11 is 0. The number of nitrogens with zero attached hydrogens (tertiary/aromatic N) is 2. The van der Waals surface area contributed by atoms with E-state index < -0.39 is 4.92 Å². The topological polar surface area (TPSA) is 84.7 Å². The van der Waals surface area contributed by atoms with Crippen LogP contribution in [0, 0.1) is 10.1 Å². The molecule has 1 saturated heterocycles. The standard InChI is InChI=1S/C26H27N3O4/c30-26(20-7-3-1-4-8-20)21-11-12-24(25(19-21)29(31)32)28-16-13-22(14-17-28)27-15-18-33-23-9-5-2-6-10-23/h1-12,19,22,27H,13-18H2. The van der Waals surface area contributed by atoms with E-state index in [1.807, 2.05) is 41.3 Å². The van der Waals surface area contributed by atoms with Crippen LogP contribution >= 0.6 is 0 Å². The quantitative estimate of drug-likeness (QED) is 0.227. The Labute approximate surface area is 193 Å². The number of benzene rings is 3. The molecule has 0 saturated carbocycles. The van der Waals surface area contributed by atoms with Crippen molar-refractivity contribution in [1.29, 1.82) is 0 Å². The monoisotopic (exact) mass is 445 g/mol. The number of carbonyl (C=O) groups excluding carboxylic acids is 1. The van der Waals surface area contributed by atoms with Gasteiger partial charge in [-0.05, 0) is 37.1 Å². The summed E-state index contributed by atoms with van der Waals surface area (Å²) in [5.74, 6) is 0.640. The number of para-hydroxylation sites is 1. The highest BCUT2D eigenvalue weighted by molar-refractivity contribution is 6.09. The number of piperidine rings is 1. The number of rotatable bonds is 9. The lowest BCUT2D eigenvalue weighted by Gasteiger charge is -2.33. The predicted octanol–water partition coefficient (Wildman–Crippen LogP) is 4.46. The maximum absolute atomic E-state index is 12.7. The summed E-state index contributed by atoms with van der Waals surface area (Å²) < 4.78 is 5.72. The Morgan fingerprint density at radius 1 is 0.970 bits per heavy atom. The summed E-state index contributed by atoms with van der Waals surface area (Å²) in [7, 11) is 0. The predicted molar refractivity (Wildman–Crippen MR) is 128 cm³/mol. The molecule has 0 bridgehead atoms. The smallest absolute Gasteiger partial charge is 0.293 e. The summed E-state index contributed by atoms with van der Waals surface area (Å²) in [6.45, 7) is 2.76. The van der Waals surface area contributed by atoms with Gasteiger partial charge in [0.2, 0.25) is 0 Å². The van der Waals surface area contributed by atoms with Crippen LogP contribution in [0.2, 0.25) is 0 Å². The van der Waals surface area contributed by atoms with Crippen molar-refractivity contribution in [2.45, 2.75) is 18.9 Å². The molecular weight excluding hydrogens is 418 g/mol. The summed E-state index contributed by atoms with van der Waals surface area (Å²) in [6.07, 6.45) is 1.76. The number of nitro groups is 1. The second-order valence-electron chi connectivity index (χ2n) is 8.03. The summed E-state index contributed by atoms with van der Waals surface area (Å²) in [6, 6.07) is 23.7. The molecule has 7 heteroatoms. The SMILES string of the molecule is O=C(c1ccccc1)c1ccc(N2CCC(NCCOc3ccccc3)CC2)c([N+](=O)[O-])c1. The fourth-order valence-corrected chi connectivity index (χ4v) is 4.11. The van der Waals surface area contributed by atoms with Crippen molar-refractivity contribution in [3.05, 3.63) is 100 Å². The second-order valence-corrected chi connectivity index (χ2v) is 8.03. The van der Waals surface area contributed by atoms with E-state index in [4.69, 9.17) is 4.74 Å². The number of nitro benzene ring substituents is 1. The zero-order valence-electron chi connectivity index (χ0n) is 18.4. The van der Waals surface area contributed by atoms with Crippen LogP contribution in [0.4, 0.5) is 11.4 Å². The third-order valence-electron chi connectivity index (χ3n) is 5.85. The van der Waals surface area contributed by atoms with E-state index in [0.29, 0.717) is 42.6 Å². The van der Waals surface area contributed by atoms with Gasteiger partial charge in [0, 0.05) is 42.9 Å². The number of ketones is 1. The van der Waals surface area contributed by atoms with Crippen molar-refractivity contribution < 1.29 is 14.5 Å². The van der Waals surface area contributed by atoms with Gasteiger partial charge in [0.25, 0.3) is 5.69 Å². The first-order valence-corrected chi connectivity index (χ1v) is 11.2. The third-order valence-corrected chi connectivity index (χ3v) is 5.85. The molecule has 7 nitrogen and oxygen atoms in total. The number of anilines is 1. The van der Waals surface area contributed by atoms with Gasteiger partial charge in [0.15, 0.2) is 5.78 Å². The van der Waals surface area contributed by atoms with Gasteiger partial charge in [-0.25, -0.2) is 0 Å². The number of hydrogen-bond donors (Lipinski definition) is 1. The first-order valence-electron chi connectivity index (χ1n) is 11.2. The molecule has 1 fully saturated rings. The molecule has 170 valence electrons. The van der Waals surface area contributed by atoms with Crippen LogP contribution in [-0.2, 0) is 0 Å². The van der Waals surface area contributed by atoms with Crippen molar-refractivity contribution in [2.75, 3.05) is 31.1 Å². The lowest BCUT2D eigenvalue weighted by atomic mass is 10.0. The van der Waals surface area contributed by atoms with Crippen LogP contribution in [0.5, 0.6) is 5.75 Å². The summed E-state index contributed by atoms with van der Waals surface area (Å²) in [5.41, 5.74) is 1.38. The Balaban J connectivity index is 1.33. The molecule has 0 aromatic heterocycles. The maximum atomic E-state index is 12.7. The van der Waals surface area contributed by atoms with Crippen LogP contribution in [-0.4, -0.2) is 43.0 Å². The Bertz CT molecular complexity index is 1080. The molecule has 4 rings (SSSR count). The van der Waals surface area contributed by atoms with Gasteiger partial charge in [-0.15, -0.1) is 0 Å². The molecule has 0 atom stereocenters. The molecule has 3 aromatic carbocycles. The molecule has 0 unspecified atom stereocenters. The zero-order valence-corrected chi connectivity index (χ0v) is 18.4. The third kappa shape index (κ3) is 5.75. The summed E-state index contributed by atoms with van der Waals surface area (Å²) in [5, 5.41) is 15.3. The molecule has 1 aliphatic rings. The second kappa shape index (κ2) is 10.7. The highest BCUT2D eigenvalue weighted by Crippen LogP contribution is 2.32. The molecule has 1 N–H and O–H groups in total. The summed E-state index contributed by atoms with van der Waals surface area (Å²) in [4.78, 5) is 26.1. The molecule has 3 aromatic rings. The van der Waals surface area contributed by atoms with Crippen LogP contribution in [0.3, 0.4) is 0 Å². The first-order chi connectivity index (χ1) is 16.1. The lowest BCUT2D eigenvalue weighted by molar-refractivity contribution is -0.384. The molecule has 0 amide bonds. The normalized spacial score (nSPS) is 14.1. The van der Waals surface area contributed by atoms with Gasteiger partial charge in [0.1, 0.15) is 18.0 Å². The Kier molecular flexibility index (Phi) is 7.32. The maximum Gasteiger partial charge on any atom is 0.293 e. The van der Waals surface area contributed by atoms with Gasteiger partial charge in [-0.1, -0.05) is 48.5 Å².